The van der Waals surface area contributed by atoms with Crippen molar-refractivity contribution in [3.05, 3.63) is 52.3 Å². The fourth-order valence-corrected chi connectivity index (χ4v) is 5.35. The average molecular weight is 425 g/mol. The van der Waals surface area contributed by atoms with Gasteiger partial charge in [0.1, 0.15) is 5.15 Å². The Balaban J connectivity index is 1.58. The summed E-state index contributed by atoms with van der Waals surface area (Å²) in [6.07, 6.45) is 0.481. The predicted octanol–water partition coefficient (Wildman–Crippen LogP) is 1.63. The first kappa shape index (κ1) is 20.8. The summed E-state index contributed by atoms with van der Waals surface area (Å²) in [6.45, 7) is 3.13. The third-order valence-corrected chi connectivity index (χ3v) is 6.99. The van der Waals surface area contributed by atoms with Gasteiger partial charge in [0.05, 0.1) is 30.3 Å². The van der Waals surface area contributed by atoms with Gasteiger partial charge in [0.2, 0.25) is 5.91 Å². The van der Waals surface area contributed by atoms with Gasteiger partial charge in [0.15, 0.2) is 9.84 Å². The van der Waals surface area contributed by atoms with Crippen LogP contribution in [-0.2, 0) is 27.7 Å². The monoisotopic (exact) mass is 424 g/mol. The minimum atomic E-state index is -3.01. The first-order valence-corrected chi connectivity index (χ1v) is 11.4. The lowest BCUT2D eigenvalue weighted by Gasteiger charge is -2.18. The Hall–Kier alpha value is -1.90. The van der Waals surface area contributed by atoms with E-state index in [0.717, 1.165) is 16.8 Å². The van der Waals surface area contributed by atoms with Crippen LogP contribution in [-0.4, -0.2) is 60.1 Å². The molecule has 9 heteroatoms. The van der Waals surface area contributed by atoms with Crippen LogP contribution in [0.15, 0.2) is 30.3 Å². The van der Waals surface area contributed by atoms with Crippen molar-refractivity contribution in [2.75, 3.05) is 25.1 Å². The van der Waals surface area contributed by atoms with E-state index in [1.807, 2.05) is 49.2 Å². The molecule has 0 saturated carbocycles. The third kappa shape index (κ3) is 5.33. The van der Waals surface area contributed by atoms with E-state index in [9.17, 15) is 13.2 Å². The molecule has 0 aliphatic carbocycles. The summed E-state index contributed by atoms with van der Waals surface area (Å²) in [4.78, 5) is 14.1. The Morgan fingerprint density at radius 3 is 2.71 bits per heavy atom. The number of likely N-dealkylation sites (N-methyl/N-ethyl adjacent to an activating group) is 1. The maximum absolute atomic E-state index is 12.2. The number of benzene rings is 1. The zero-order valence-corrected chi connectivity index (χ0v) is 17.6. The van der Waals surface area contributed by atoms with Gasteiger partial charge in [-0.15, -0.1) is 0 Å². The van der Waals surface area contributed by atoms with Crippen molar-refractivity contribution in [1.82, 2.24) is 20.0 Å². The number of rotatable bonds is 7. The number of hydrogen-bond acceptors (Lipinski definition) is 5. The van der Waals surface area contributed by atoms with E-state index in [1.54, 1.807) is 4.68 Å². The number of nitrogens with one attached hydrogen (secondary N) is 1. The van der Waals surface area contributed by atoms with Crippen molar-refractivity contribution >= 4 is 27.3 Å². The van der Waals surface area contributed by atoms with Crippen LogP contribution in [0.3, 0.4) is 0 Å². The molecule has 1 aliphatic heterocycles. The number of halogens is 1. The molecular formula is C19H25ClN4O3S. The molecule has 2 heterocycles. The molecule has 1 unspecified atom stereocenters. The van der Waals surface area contributed by atoms with E-state index < -0.39 is 9.84 Å². The van der Waals surface area contributed by atoms with E-state index in [2.05, 4.69) is 10.4 Å². The van der Waals surface area contributed by atoms with Crippen molar-refractivity contribution in [1.29, 1.82) is 0 Å². The van der Waals surface area contributed by atoms with Gasteiger partial charge in [-0.3, -0.25) is 9.69 Å². The van der Waals surface area contributed by atoms with Gasteiger partial charge in [0.25, 0.3) is 0 Å². The molecule has 1 amide bonds. The van der Waals surface area contributed by atoms with Crippen LogP contribution in [0.1, 0.15) is 23.2 Å². The standard InChI is InChI=1S/C19H25ClN4O3S/c1-14-17(19(20)24(22-14)10-15-6-4-3-5-7-15)11-23(2)12-18(25)21-16-8-9-28(26,27)13-16/h3-7,16H,8-13H2,1-2H3,(H,21,25). The van der Waals surface area contributed by atoms with Crippen LogP contribution in [0.2, 0.25) is 5.15 Å². The van der Waals surface area contributed by atoms with E-state index in [1.165, 1.54) is 0 Å². The number of amides is 1. The minimum absolute atomic E-state index is 0.0274. The Bertz CT molecular complexity index is 944. The van der Waals surface area contributed by atoms with Gasteiger partial charge in [-0.25, -0.2) is 13.1 Å². The van der Waals surface area contributed by atoms with Crippen LogP contribution in [0.5, 0.6) is 0 Å². The highest BCUT2D eigenvalue weighted by atomic mass is 35.5. The lowest BCUT2D eigenvalue weighted by molar-refractivity contribution is -0.122. The zero-order valence-electron chi connectivity index (χ0n) is 16.1. The van der Waals surface area contributed by atoms with Crippen LogP contribution in [0, 0.1) is 6.92 Å². The Morgan fingerprint density at radius 2 is 2.07 bits per heavy atom. The zero-order chi connectivity index (χ0) is 20.3. The van der Waals surface area contributed by atoms with Crippen LogP contribution in [0.25, 0.3) is 0 Å². The van der Waals surface area contributed by atoms with Gasteiger partial charge in [-0.1, -0.05) is 41.9 Å². The second-order valence-corrected chi connectivity index (χ2v) is 9.92. The number of carbonyl (C=O) groups excluding carboxylic acids is 1. The lowest BCUT2D eigenvalue weighted by Crippen LogP contribution is -2.41. The van der Waals surface area contributed by atoms with Crippen LogP contribution < -0.4 is 5.32 Å². The van der Waals surface area contributed by atoms with Crippen LogP contribution >= 0.6 is 11.6 Å². The summed E-state index contributed by atoms with van der Waals surface area (Å²) in [5.74, 6) is -0.0157. The molecule has 1 aliphatic rings. The number of carbonyl (C=O) groups is 1. The molecule has 28 heavy (non-hydrogen) atoms. The average Bonchev–Trinajstić information content (AvgIpc) is 3.09. The summed E-state index contributed by atoms with van der Waals surface area (Å²) >= 11 is 6.54. The molecule has 1 saturated heterocycles. The summed E-state index contributed by atoms with van der Waals surface area (Å²) < 4.78 is 24.8. The Labute approximate surface area is 170 Å². The minimum Gasteiger partial charge on any atom is -0.351 e. The first-order chi connectivity index (χ1) is 13.2. The molecule has 1 aromatic heterocycles. The molecule has 1 atom stereocenters. The fraction of sp³-hybridized carbons (Fsp3) is 0.474. The predicted molar refractivity (Wildman–Crippen MR) is 109 cm³/mol. The van der Waals surface area contributed by atoms with Crippen molar-refractivity contribution in [3.8, 4) is 0 Å². The molecule has 3 rings (SSSR count). The van der Waals surface area contributed by atoms with E-state index in [4.69, 9.17) is 11.6 Å². The fourth-order valence-electron chi connectivity index (χ4n) is 3.38. The maximum Gasteiger partial charge on any atom is 0.234 e. The van der Waals surface area contributed by atoms with Gasteiger partial charge in [-0.05, 0) is 26.0 Å². The summed E-state index contributed by atoms with van der Waals surface area (Å²) in [7, 11) is -1.18. The highest BCUT2D eigenvalue weighted by Crippen LogP contribution is 2.22. The lowest BCUT2D eigenvalue weighted by atomic mass is 10.2. The van der Waals surface area contributed by atoms with Gasteiger partial charge in [0, 0.05) is 18.2 Å². The molecule has 1 aromatic carbocycles. The topological polar surface area (TPSA) is 84.3 Å². The molecule has 1 fully saturated rings. The highest BCUT2D eigenvalue weighted by molar-refractivity contribution is 7.91. The normalized spacial score (nSPS) is 18.5. The number of nitrogens with zero attached hydrogens (tertiary/aromatic N) is 3. The van der Waals surface area contributed by atoms with Gasteiger partial charge in [-0.2, -0.15) is 5.10 Å². The quantitative estimate of drug-likeness (QED) is 0.730. The second kappa shape index (κ2) is 8.63. The van der Waals surface area contributed by atoms with E-state index in [-0.39, 0.29) is 30.0 Å². The van der Waals surface area contributed by atoms with Crippen molar-refractivity contribution in [3.63, 3.8) is 0 Å². The van der Waals surface area contributed by atoms with Gasteiger partial charge < -0.3 is 5.32 Å². The smallest absolute Gasteiger partial charge is 0.234 e. The maximum atomic E-state index is 12.2. The number of hydrogen-bond donors (Lipinski definition) is 1. The highest BCUT2D eigenvalue weighted by Gasteiger charge is 2.29. The molecule has 2 aromatic rings. The van der Waals surface area contributed by atoms with Gasteiger partial charge >= 0.3 is 0 Å². The molecule has 7 nitrogen and oxygen atoms in total. The van der Waals surface area contributed by atoms with E-state index in [0.29, 0.717) is 24.7 Å². The first-order valence-electron chi connectivity index (χ1n) is 9.17. The molecule has 1 N–H and O–H groups in total. The Morgan fingerprint density at radius 1 is 1.36 bits per heavy atom. The second-order valence-electron chi connectivity index (χ2n) is 7.34. The van der Waals surface area contributed by atoms with Crippen LogP contribution in [0.4, 0.5) is 0 Å². The number of aryl methyl sites for hydroxylation is 1. The molecule has 0 radical (unpaired) electrons. The molecule has 152 valence electrons. The molecule has 0 bridgehead atoms. The SMILES string of the molecule is Cc1nn(Cc2ccccc2)c(Cl)c1CN(C)CC(=O)NC1CCS(=O)(=O)C1. The van der Waals surface area contributed by atoms with Crippen molar-refractivity contribution in [2.24, 2.45) is 0 Å². The van der Waals surface area contributed by atoms with Crippen molar-refractivity contribution in [2.45, 2.75) is 32.5 Å². The molecular weight excluding hydrogens is 400 g/mol. The van der Waals surface area contributed by atoms with E-state index >= 15 is 0 Å². The van der Waals surface area contributed by atoms with Crippen molar-refractivity contribution < 1.29 is 13.2 Å². The summed E-state index contributed by atoms with van der Waals surface area (Å²) in [5, 5.41) is 7.90. The number of aromatic nitrogens is 2. The summed E-state index contributed by atoms with van der Waals surface area (Å²) in [5.41, 5.74) is 2.82. The third-order valence-electron chi connectivity index (χ3n) is 4.80. The number of sulfone groups is 1. The molecule has 0 spiro atoms. The Kier molecular flexibility index (Phi) is 6.42. The largest absolute Gasteiger partial charge is 0.351 e. The summed E-state index contributed by atoms with van der Waals surface area (Å²) in [6, 6.07) is 9.67.